The molecular weight excluding hydrogens is 368 g/mol. The van der Waals surface area contributed by atoms with E-state index >= 15 is 0 Å². The number of imidazole rings is 1. The van der Waals surface area contributed by atoms with Gasteiger partial charge in [0.2, 0.25) is 5.91 Å². The van der Waals surface area contributed by atoms with Crippen LogP contribution in [0.3, 0.4) is 0 Å². The highest BCUT2D eigenvalue weighted by Crippen LogP contribution is 2.29. The Bertz CT molecular complexity index is 836. The Morgan fingerprint density at radius 3 is 3.07 bits per heavy atom. The summed E-state index contributed by atoms with van der Waals surface area (Å²) in [5.74, 6) is 2.13. The van der Waals surface area contributed by atoms with Gasteiger partial charge in [0, 0.05) is 45.8 Å². The number of amides is 1. The molecule has 1 fully saturated rings. The van der Waals surface area contributed by atoms with Crippen molar-refractivity contribution in [3.8, 4) is 0 Å². The van der Waals surface area contributed by atoms with Gasteiger partial charge in [-0.3, -0.25) is 4.79 Å². The normalized spacial score (nSPS) is 19.8. The van der Waals surface area contributed by atoms with Crippen LogP contribution in [-0.2, 0) is 22.5 Å². The minimum Gasteiger partial charge on any atom is -0.382 e. The van der Waals surface area contributed by atoms with Gasteiger partial charge in [0.1, 0.15) is 12.2 Å². The zero-order valence-electron chi connectivity index (χ0n) is 17.4. The molecule has 8 heteroatoms. The summed E-state index contributed by atoms with van der Waals surface area (Å²) in [5.41, 5.74) is 1.83. The molecule has 0 radical (unpaired) electrons. The number of fused-ring (bicyclic) bond motifs is 3. The number of aromatic nitrogens is 4. The van der Waals surface area contributed by atoms with Gasteiger partial charge in [0.05, 0.1) is 5.92 Å². The summed E-state index contributed by atoms with van der Waals surface area (Å²) in [6.45, 7) is 6.63. The van der Waals surface area contributed by atoms with Crippen molar-refractivity contribution < 1.29 is 9.53 Å². The molecule has 0 aromatic carbocycles. The number of carbonyl (C=O) groups excluding carboxylic acids is 1. The van der Waals surface area contributed by atoms with E-state index in [2.05, 4.69) is 24.8 Å². The third-order valence-corrected chi connectivity index (χ3v) is 5.93. The van der Waals surface area contributed by atoms with Gasteiger partial charge in [0.15, 0.2) is 17.0 Å². The average molecular weight is 401 g/mol. The van der Waals surface area contributed by atoms with Crippen molar-refractivity contribution in [3.63, 3.8) is 0 Å². The summed E-state index contributed by atoms with van der Waals surface area (Å²) in [5, 5.41) is 3.07. The fraction of sp³-hybridized carbons (Fsp3) is 0.714. The Balaban J connectivity index is 1.46. The van der Waals surface area contributed by atoms with Crippen LogP contribution in [0, 0.1) is 5.92 Å². The minimum atomic E-state index is -0.0127. The zero-order valence-corrected chi connectivity index (χ0v) is 17.4. The maximum Gasteiger partial charge on any atom is 0.224 e. The number of ether oxygens (including phenoxy) is 1. The van der Waals surface area contributed by atoms with Crippen LogP contribution in [0.4, 0.5) is 5.82 Å². The predicted octanol–water partition coefficient (Wildman–Crippen LogP) is 2.31. The predicted molar refractivity (Wildman–Crippen MR) is 112 cm³/mol. The first-order valence-electron chi connectivity index (χ1n) is 11.1. The number of anilines is 1. The first-order chi connectivity index (χ1) is 14.3. The van der Waals surface area contributed by atoms with Crippen LogP contribution in [0.25, 0.3) is 11.2 Å². The monoisotopic (exact) mass is 400 g/mol. The van der Waals surface area contributed by atoms with Gasteiger partial charge in [-0.05, 0) is 39.0 Å². The van der Waals surface area contributed by atoms with Crippen LogP contribution in [0.5, 0.6) is 0 Å². The fourth-order valence-corrected chi connectivity index (χ4v) is 4.41. The molecule has 2 aromatic heterocycles. The van der Waals surface area contributed by atoms with E-state index in [1.807, 2.05) is 6.92 Å². The molecule has 0 saturated carbocycles. The van der Waals surface area contributed by atoms with Crippen LogP contribution in [0.1, 0.15) is 51.3 Å². The van der Waals surface area contributed by atoms with Gasteiger partial charge in [0.25, 0.3) is 0 Å². The van der Waals surface area contributed by atoms with Crippen LogP contribution < -0.4 is 10.2 Å². The number of nitrogens with one attached hydrogen (secondary N) is 1. The van der Waals surface area contributed by atoms with E-state index in [1.54, 1.807) is 6.33 Å². The van der Waals surface area contributed by atoms with E-state index in [-0.39, 0.29) is 11.8 Å². The first kappa shape index (κ1) is 20.1. The molecule has 2 aliphatic heterocycles. The smallest absolute Gasteiger partial charge is 0.224 e. The highest BCUT2D eigenvalue weighted by Gasteiger charge is 2.28. The molecule has 1 saturated heterocycles. The van der Waals surface area contributed by atoms with Crippen LogP contribution in [0.2, 0.25) is 0 Å². The number of piperidine rings is 1. The lowest BCUT2D eigenvalue weighted by atomic mass is 9.97. The second-order valence-corrected chi connectivity index (χ2v) is 7.99. The van der Waals surface area contributed by atoms with E-state index < -0.39 is 0 Å². The summed E-state index contributed by atoms with van der Waals surface area (Å²) in [7, 11) is 0. The highest BCUT2D eigenvalue weighted by atomic mass is 16.5. The van der Waals surface area contributed by atoms with Gasteiger partial charge in [-0.1, -0.05) is 6.42 Å². The van der Waals surface area contributed by atoms with E-state index in [1.165, 1.54) is 19.3 Å². The summed E-state index contributed by atoms with van der Waals surface area (Å²) in [6, 6.07) is 0. The van der Waals surface area contributed by atoms with Gasteiger partial charge in [-0.25, -0.2) is 15.0 Å². The SMILES string of the molecule is CCOCCCNC(=O)[C@@H]1CCCN(c2ncnc3c2nc2n3CCCCC2)C1. The number of hydrogen-bond donors (Lipinski definition) is 1. The van der Waals surface area contributed by atoms with Crippen LogP contribution in [-0.4, -0.2) is 58.3 Å². The lowest BCUT2D eigenvalue weighted by Crippen LogP contribution is -2.43. The number of nitrogens with zero attached hydrogens (tertiary/aromatic N) is 5. The van der Waals surface area contributed by atoms with Crippen LogP contribution in [0.15, 0.2) is 6.33 Å². The molecule has 1 N–H and O–H groups in total. The molecule has 29 heavy (non-hydrogen) atoms. The van der Waals surface area contributed by atoms with Crippen molar-refractivity contribution in [1.29, 1.82) is 0 Å². The van der Waals surface area contributed by atoms with Gasteiger partial charge >= 0.3 is 0 Å². The van der Waals surface area contributed by atoms with Crippen molar-refractivity contribution in [2.24, 2.45) is 5.92 Å². The van der Waals surface area contributed by atoms with Crippen molar-refractivity contribution in [1.82, 2.24) is 24.8 Å². The number of aryl methyl sites for hydroxylation is 2. The second-order valence-electron chi connectivity index (χ2n) is 7.99. The average Bonchev–Trinajstić information content (AvgIpc) is 2.94. The fourth-order valence-electron chi connectivity index (χ4n) is 4.41. The molecular formula is C21H32N6O2. The van der Waals surface area contributed by atoms with Crippen molar-refractivity contribution in [2.75, 3.05) is 37.7 Å². The Morgan fingerprint density at radius 1 is 1.24 bits per heavy atom. The summed E-state index contributed by atoms with van der Waals surface area (Å²) < 4.78 is 7.60. The molecule has 4 rings (SSSR count). The second kappa shape index (κ2) is 9.52. The maximum atomic E-state index is 12.6. The van der Waals surface area contributed by atoms with Crippen molar-refractivity contribution >= 4 is 22.9 Å². The number of rotatable bonds is 7. The van der Waals surface area contributed by atoms with E-state index in [9.17, 15) is 4.79 Å². The van der Waals surface area contributed by atoms with E-state index in [0.717, 1.165) is 68.2 Å². The molecule has 158 valence electrons. The lowest BCUT2D eigenvalue weighted by Gasteiger charge is -2.32. The molecule has 0 bridgehead atoms. The lowest BCUT2D eigenvalue weighted by molar-refractivity contribution is -0.125. The summed E-state index contributed by atoms with van der Waals surface area (Å²) in [4.78, 5) is 28.9. The molecule has 8 nitrogen and oxygen atoms in total. The molecule has 4 heterocycles. The minimum absolute atomic E-state index is 0.0127. The summed E-state index contributed by atoms with van der Waals surface area (Å²) >= 11 is 0. The Kier molecular flexibility index (Phi) is 6.59. The van der Waals surface area contributed by atoms with Crippen molar-refractivity contribution in [3.05, 3.63) is 12.2 Å². The number of carbonyl (C=O) groups is 1. The van der Waals surface area contributed by atoms with Crippen molar-refractivity contribution in [2.45, 2.75) is 58.4 Å². The largest absolute Gasteiger partial charge is 0.382 e. The maximum absolute atomic E-state index is 12.6. The third-order valence-electron chi connectivity index (χ3n) is 5.93. The van der Waals surface area contributed by atoms with Gasteiger partial charge < -0.3 is 19.5 Å². The molecule has 0 aliphatic carbocycles. The molecule has 0 spiro atoms. The standard InChI is InChI=1S/C21H32N6O2/c1-2-29-13-7-10-22-21(28)16-8-6-11-26(14-16)19-18-20(24-15-23-19)27-12-5-3-4-9-17(27)25-18/h15-16H,2-14H2,1H3,(H,22,28)/t16-/m1/s1. The van der Waals surface area contributed by atoms with Gasteiger partial charge in [-0.2, -0.15) is 0 Å². The quantitative estimate of drug-likeness (QED) is 0.718. The third kappa shape index (κ3) is 4.52. The first-order valence-corrected chi connectivity index (χ1v) is 11.1. The van der Waals surface area contributed by atoms with E-state index in [0.29, 0.717) is 19.7 Å². The molecule has 1 amide bonds. The Hall–Kier alpha value is -2.22. The Morgan fingerprint density at radius 2 is 2.17 bits per heavy atom. The number of hydrogen-bond acceptors (Lipinski definition) is 6. The molecule has 1 atom stereocenters. The molecule has 2 aliphatic rings. The highest BCUT2D eigenvalue weighted by molar-refractivity contribution is 5.85. The summed E-state index contributed by atoms with van der Waals surface area (Å²) in [6.07, 6.45) is 9.00. The van der Waals surface area contributed by atoms with Crippen LogP contribution >= 0.6 is 0 Å². The van der Waals surface area contributed by atoms with Gasteiger partial charge in [-0.15, -0.1) is 0 Å². The topological polar surface area (TPSA) is 85.2 Å². The Labute approximate surface area is 172 Å². The van der Waals surface area contributed by atoms with E-state index in [4.69, 9.17) is 9.72 Å². The molecule has 2 aromatic rings. The zero-order chi connectivity index (χ0) is 20.1. The molecule has 0 unspecified atom stereocenters.